The Balaban J connectivity index is 0.794. The second kappa shape index (κ2) is 15.9. The van der Waals surface area contributed by atoms with Crippen LogP contribution in [0.5, 0.6) is 23.0 Å². The Hall–Kier alpha value is -8.56. The van der Waals surface area contributed by atoms with Gasteiger partial charge < -0.3 is 16.7 Å². The van der Waals surface area contributed by atoms with Crippen LogP contribution in [0.4, 0.5) is 38.4 Å². The van der Waals surface area contributed by atoms with E-state index in [1.54, 1.807) is 0 Å². The van der Waals surface area contributed by atoms with Gasteiger partial charge in [-0.25, -0.2) is 38.4 Å². The lowest BCUT2D eigenvalue weighted by molar-refractivity contribution is -0.0871. The summed E-state index contributed by atoms with van der Waals surface area (Å²) in [7, 11) is -21.2. The van der Waals surface area contributed by atoms with Crippen LogP contribution in [0.25, 0.3) is 0 Å². The molecule has 13 aliphatic heterocycles. The van der Waals surface area contributed by atoms with E-state index < -0.39 is 226 Å². The first-order valence-corrected chi connectivity index (χ1v) is 31.0. The summed E-state index contributed by atoms with van der Waals surface area (Å²) in [6, 6.07) is -3.56. The number of hydrogen-bond donors (Lipinski definition) is 4. The molecule has 40 nitrogen and oxygen atoms in total. The Bertz CT molecular complexity index is 3660. The number of amides is 16. The normalized spacial score (nSPS) is 32.1. The SMILES string of the molecule is C[C@]12N3Cc4c(OS(=O)(=O)O)ccc(OS(=O)(=O)O)c4CN1C(=O)N1CN4C(=O)N5CN6C(=O)N7CN8C(=O)N9Cc%10c(OS(=O)(=O)O)ccc(OS(=O)(=O)O)c%10CN%10C(=O)N(CN%11C(=O)N(CN%12C(=O)N(CN(C3=O)[C@]12C)[C@@H]4[C@H]%125)[C@@H]6[C@H]%117)[C@]8(C)[C@@]9%10C. The van der Waals surface area contributed by atoms with Crippen LogP contribution >= 0.6 is 0 Å². The number of carbonyl (C=O) groups excluding carboxylic acids is 8. The molecule has 11 fully saturated rings. The van der Waals surface area contributed by atoms with Crippen LogP contribution in [-0.2, 0) is 67.8 Å². The monoisotopic (exact) mass is 1280 g/mol. The van der Waals surface area contributed by atoms with Crippen molar-refractivity contribution in [1.82, 2.24) is 78.4 Å². The van der Waals surface area contributed by atoms with Crippen molar-refractivity contribution in [2.75, 3.05) is 40.0 Å². The number of rotatable bonds is 8. The molecule has 460 valence electrons. The average molecular weight is 1290 g/mol. The van der Waals surface area contributed by atoms with Gasteiger partial charge >= 0.3 is 89.8 Å². The molecule has 0 atom stereocenters. The van der Waals surface area contributed by atoms with E-state index in [0.29, 0.717) is 0 Å². The van der Waals surface area contributed by atoms with Gasteiger partial charge in [0.25, 0.3) is 0 Å². The summed E-state index contributed by atoms with van der Waals surface area (Å²) in [5.74, 6) is -2.52. The highest BCUT2D eigenvalue weighted by atomic mass is 32.3. The fourth-order valence-electron chi connectivity index (χ4n) is 15.4. The zero-order valence-electron chi connectivity index (χ0n) is 44.4. The minimum absolute atomic E-state index is 0.290. The molecule has 4 N–H and O–H groups in total. The molecule has 0 bridgehead atoms. The third kappa shape index (κ3) is 6.41. The highest BCUT2D eigenvalue weighted by molar-refractivity contribution is 7.82. The first-order chi connectivity index (χ1) is 39.9. The van der Waals surface area contributed by atoms with Crippen molar-refractivity contribution < 1.29 is 107 Å². The standard InChI is InChI=1S/C42H44N16O24S4/c1-39-41(3)55-15-47-29-27-43(31(47)59)13-45-28-30-49(33(45)61)17-57-37(65)53-11-21-22(26(82-86(76,77)78)8-7-25(21)81-85(73,74)75)12-54-38(66)58(42(57,4)40(53,54)2)18-50(30)34(62)46(28)14-44(27)32(60)48(29)16-56(41)36(64)52(39)10-20-19(9-51(39)35(55)63)23(79-83(67,68)69)5-6-24(20)80-84(70,71)72/h5-8,27-30H,9-18H2,1-4H3,(H,67,68,69)(H,70,71,72)(H,73,74,75)(H,76,77,78)/t27-,28+,29+,30-,39+,40-,41-,42+. The van der Waals surface area contributed by atoms with Crippen molar-refractivity contribution in [3.05, 3.63) is 46.5 Å². The summed E-state index contributed by atoms with van der Waals surface area (Å²) < 4.78 is 155. The number of hydrogen-bond acceptors (Lipinski definition) is 20. The van der Waals surface area contributed by atoms with Gasteiger partial charge in [0.05, 0.1) is 26.2 Å². The molecule has 2 aromatic carbocycles. The lowest BCUT2D eigenvalue weighted by Gasteiger charge is -2.49. The molecule has 15 rings (SSSR count). The summed E-state index contributed by atoms with van der Waals surface area (Å²) in [6.07, 6.45) is -5.55. The maximum Gasteiger partial charge on any atom is 0.446 e. The van der Waals surface area contributed by atoms with Gasteiger partial charge in [0.15, 0.2) is 70.3 Å². The number of benzene rings is 2. The smallest absolute Gasteiger partial charge is 0.361 e. The lowest BCUT2D eigenvalue weighted by Crippen LogP contribution is -2.69. The predicted molar refractivity (Wildman–Crippen MR) is 267 cm³/mol. The third-order valence-corrected chi connectivity index (χ3v) is 21.0. The summed E-state index contributed by atoms with van der Waals surface area (Å²) in [5, 5.41) is 0. The summed E-state index contributed by atoms with van der Waals surface area (Å²) in [4.78, 5) is 141. The van der Waals surface area contributed by atoms with Crippen LogP contribution in [0.15, 0.2) is 24.3 Å². The maximum absolute atomic E-state index is 15.4. The van der Waals surface area contributed by atoms with Gasteiger partial charge in [-0.3, -0.25) is 96.6 Å². The van der Waals surface area contributed by atoms with Gasteiger partial charge in [-0.15, -0.1) is 0 Å². The van der Waals surface area contributed by atoms with Crippen LogP contribution in [0, 0.1) is 0 Å². The minimum atomic E-state index is -5.31. The number of fused-ring (bicyclic) bond motifs is 2. The molecule has 2 aromatic rings. The van der Waals surface area contributed by atoms with Crippen molar-refractivity contribution in [3.63, 3.8) is 0 Å². The summed E-state index contributed by atoms with van der Waals surface area (Å²) in [5.41, 5.74) is -8.72. The number of urea groups is 8. The predicted octanol–water partition coefficient (Wildman–Crippen LogP) is -2.00. The maximum atomic E-state index is 15.4. The van der Waals surface area contributed by atoms with Gasteiger partial charge in [-0.1, -0.05) is 0 Å². The second-order valence-electron chi connectivity index (χ2n) is 22.7. The third-order valence-electron chi connectivity index (χ3n) is 19.4. The first kappa shape index (κ1) is 54.1. The van der Waals surface area contributed by atoms with Crippen LogP contribution in [0.2, 0.25) is 0 Å². The molecule has 13 aliphatic rings. The van der Waals surface area contributed by atoms with Crippen molar-refractivity contribution in [3.8, 4) is 23.0 Å². The van der Waals surface area contributed by atoms with Crippen LogP contribution < -0.4 is 16.7 Å². The Morgan fingerprint density at radius 1 is 0.314 bits per heavy atom. The zero-order chi connectivity index (χ0) is 61.5. The van der Waals surface area contributed by atoms with Crippen molar-refractivity contribution in [2.45, 2.75) is 101 Å². The van der Waals surface area contributed by atoms with Crippen molar-refractivity contribution in [2.24, 2.45) is 0 Å². The largest absolute Gasteiger partial charge is 0.446 e. The highest BCUT2D eigenvalue weighted by Gasteiger charge is 2.80. The minimum Gasteiger partial charge on any atom is -0.361 e. The summed E-state index contributed by atoms with van der Waals surface area (Å²) in [6.45, 7) is -1.01. The van der Waals surface area contributed by atoms with Gasteiger partial charge in [0.2, 0.25) is 0 Å². The molecular formula is C42H44N16O24S4. The van der Waals surface area contributed by atoms with Gasteiger partial charge in [0, 0.05) is 22.3 Å². The molecule has 0 radical (unpaired) electrons. The highest BCUT2D eigenvalue weighted by Crippen LogP contribution is 2.59. The van der Waals surface area contributed by atoms with Gasteiger partial charge in [-0.05, 0) is 52.0 Å². The number of nitrogens with zero attached hydrogens (tertiary/aromatic N) is 16. The first-order valence-electron chi connectivity index (χ1n) is 25.6. The van der Waals surface area contributed by atoms with E-state index in [4.69, 9.17) is 16.7 Å². The van der Waals surface area contributed by atoms with E-state index in [0.717, 1.165) is 63.5 Å². The molecular weight excluding hydrogens is 1240 g/mol. The molecule has 16 amide bonds. The van der Waals surface area contributed by atoms with Gasteiger partial charge in [0.1, 0.15) is 40.0 Å². The fraction of sp³-hybridized carbons (Fsp3) is 0.524. The average Bonchev–Trinajstić information content (AvgIpc) is 1.50. The molecule has 44 heteroatoms. The lowest BCUT2D eigenvalue weighted by atomic mass is 9.95. The van der Waals surface area contributed by atoms with Crippen LogP contribution in [0.3, 0.4) is 0 Å². The molecule has 0 aromatic heterocycles. The van der Waals surface area contributed by atoms with Crippen LogP contribution in [-0.4, -0.2) is 266 Å². The molecule has 13 heterocycles. The van der Waals surface area contributed by atoms with Crippen molar-refractivity contribution >= 4 is 89.8 Å². The van der Waals surface area contributed by atoms with E-state index in [2.05, 4.69) is 0 Å². The van der Waals surface area contributed by atoms with Crippen molar-refractivity contribution in [1.29, 1.82) is 0 Å². The van der Waals surface area contributed by atoms with E-state index in [1.165, 1.54) is 66.9 Å². The van der Waals surface area contributed by atoms with E-state index >= 15 is 38.4 Å². The molecule has 11 saturated heterocycles. The zero-order valence-corrected chi connectivity index (χ0v) is 47.7. The molecule has 0 unspecified atom stereocenters. The van der Waals surface area contributed by atoms with Gasteiger partial charge in [-0.2, -0.15) is 33.7 Å². The molecule has 0 spiro atoms. The Labute approximate surface area is 484 Å². The Morgan fingerprint density at radius 3 is 0.674 bits per heavy atom. The molecule has 86 heavy (non-hydrogen) atoms. The molecule has 0 aliphatic carbocycles. The quantitative estimate of drug-likeness (QED) is 0.208. The second-order valence-corrected chi connectivity index (χ2v) is 26.8. The summed E-state index contributed by atoms with van der Waals surface area (Å²) >= 11 is 0. The van der Waals surface area contributed by atoms with E-state index in [1.807, 2.05) is 0 Å². The van der Waals surface area contributed by atoms with E-state index in [9.17, 15) is 51.9 Å². The fourth-order valence-corrected chi connectivity index (χ4v) is 16.9. The van der Waals surface area contributed by atoms with E-state index in [-0.39, 0.29) is 22.3 Å². The topological polar surface area (TPSA) is 443 Å². The Kier molecular flexibility index (Phi) is 10.0. The van der Waals surface area contributed by atoms with Crippen LogP contribution in [0.1, 0.15) is 49.9 Å². The number of carbonyl (C=O) groups is 8. The molecule has 0 saturated carbocycles. The Morgan fingerprint density at radius 2 is 0.488 bits per heavy atom.